The molecule has 0 radical (unpaired) electrons. The molecule has 140 valence electrons. The third kappa shape index (κ3) is 2.17. The predicted molar refractivity (Wildman–Crippen MR) is 106 cm³/mol. The quantitative estimate of drug-likeness (QED) is 0.486. The Morgan fingerprint density at radius 1 is 0.846 bits per heavy atom. The molecule has 7 heteroatoms. The molecule has 0 aromatic heterocycles. The van der Waals surface area contributed by atoms with Gasteiger partial charge in [0, 0.05) is 0 Å². The van der Waals surface area contributed by atoms with Crippen molar-refractivity contribution in [2.45, 2.75) is 20.8 Å². The average Bonchev–Trinajstić information content (AvgIpc) is 2.63. The fourth-order valence-electron chi connectivity index (χ4n) is 3.78. The number of hydrogen-bond donors (Lipinski definition) is 4. The second-order valence-electron chi connectivity index (χ2n) is 6.74. The summed E-state index contributed by atoms with van der Waals surface area (Å²) < 4.78 is 0. The van der Waals surface area contributed by atoms with Crippen LogP contribution in [0.3, 0.4) is 0 Å². The van der Waals surface area contributed by atoms with Gasteiger partial charge in [-0.15, -0.1) is 0 Å². The Morgan fingerprint density at radius 2 is 1.38 bits per heavy atom. The van der Waals surface area contributed by atoms with E-state index in [9.17, 15) is 25.2 Å². The molecule has 2 aliphatic rings. The number of hydrogen-bond acceptors (Lipinski definition) is 5. The van der Waals surface area contributed by atoms with E-state index in [4.69, 9.17) is 11.2 Å². The molecule has 4 rings (SSSR count). The fourth-order valence-corrected chi connectivity index (χ4v) is 7.64. The van der Waals surface area contributed by atoms with Crippen LogP contribution in [0.2, 0.25) is 0 Å². The van der Waals surface area contributed by atoms with Gasteiger partial charge < -0.3 is 0 Å². The van der Waals surface area contributed by atoms with E-state index in [0.29, 0.717) is 23.8 Å². The van der Waals surface area contributed by atoms with E-state index in [1.165, 1.54) is 12.1 Å². The Kier molecular flexibility index (Phi) is 4.17. The standard InChI is InChI=1S/C19H22ClO5P/c1-4-26(20,5-2,6-3)13-8-7-12(21)14(19(13)25)10-9-11-17(23)15(16(10)22)18(11)24/h7-9,21-23,25H,4-6H2,1-3H3. The number of fused-ring (bicyclic) bond motifs is 2. The normalized spacial score (nSPS) is 14.6. The SMILES string of the molecule is CCP(Cl)(CC)(CC)c1ccc(O)c(-c2cc3c(O)c(c2O)C3=O)c1O. The van der Waals surface area contributed by atoms with Crippen LogP contribution in [0.25, 0.3) is 11.1 Å². The van der Waals surface area contributed by atoms with E-state index in [0.717, 1.165) is 0 Å². The first-order chi connectivity index (χ1) is 12.1. The molecule has 2 aromatic carbocycles. The first-order valence-corrected chi connectivity index (χ1v) is 12.2. The van der Waals surface area contributed by atoms with Crippen LogP contribution < -0.4 is 5.30 Å². The van der Waals surface area contributed by atoms with Crippen LogP contribution in [0, 0.1) is 0 Å². The molecule has 2 bridgehead atoms. The van der Waals surface area contributed by atoms with Crippen molar-refractivity contribution in [2.24, 2.45) is 0 Å². The van der Waals surface area contributed by atoms with Gasteiger partial charge in [0.1, 0.15) is 0 Å². The minimum absolute atomic E-state index is 0.0278. The zero-order chi connectivity index (χ0) is 19.5. The Bertz CT molecular complexity index is 939. The maximum absolute atomic E-state index is 11.8. The van der Waals surface area contributed by atoms with Crippen LogP contribution in [-0.4, -0.2) is 44.7 Å². The van der Waals surface area contributed by atoms with Crippen molar-refractivity contribution >= 4 is 28.3 Å². The van der Waals surface area contributed by atoms with E-state index >= 15 is 0 Å². The first kappa shape index (κ1) is 18.8. The van der Waals surface area contributed by atoms with Crippen LogP contribution in [0.1, 0.15) is 36.7 Å². The molecule has 2 aliphatic carbocycles. The fraction of sp³-hybridized carbons (Fsp3) is 0.316. The molecule has 0 aliphatic heterocycles. The topological polar surface area (TPSA) is 98.0 Å². The van der Waals surface area contributed by atoms with Crippen molar-refractivity contribution in [2.75, 3.05) is 18.5 Å². The number of ketones is 1. The molecule has 0 atom stereocenters. The molecular weight excluding hydrogens is 375 g/mol. The van der Waals surface area contributed by atoms with Crippen LogP contribution in [0.4, 0.5) is 0 Å². The molecule has 0 saturated heterocycles. The maximum atomic E-state index is 11.8. The van der Waals surface area contributed by atoms with E-state index in [2.05, 4.69) is 0 Å². The Labute approximate surface area is 156 Å². The number of phenolic OH excluding ortho intramolecular Hbond substituents is 4. The zero-order valence-corrected chi connectivity index (χ0v) is 16.5. The number of phenols is 4. The van der Waals surface area contributed by atoms with Gasteiger partial charge in [-0.25, -0.2) is 0 Å². The van der Waals surface area contributed by atoms with Gasteiger partial charge in [-0.2, -0.15) is 0 Å². The summed E-state index contributed by atoms with van der Waals surface area (Å²) >= 11 is 7.16. The van der Waals surface area contributed by atoms with E-state index in [1.54, 1.807) is 6.07 Å². The summed E-state index contributed by atoms with van der Waals surface area (Å²) in [5, 5.41) is 42.1. The third-order valence-electron chi connectivity index (χ3n) is 5.92. The number of halogens is 1. The van der Waals surface area contributed by atoms with Gasteiger partial charge >= 0.3 is 156 Å². The molecule has 2 aromatic rings. The van der Waals surface area contributed by atoms with Crippen LogP contribution >= 0.6 is 17.2 Å². The molecule has 26 heavy (non-hydrogen) atoms. The van der Waals surface area contributed by atoms with E-state index < -0.39 is 17.5 Å². The second kappa shape index (κ2) is 5.77. The van der Waals surface area contributed by atoms with Gasteiger partial charge in [0.25, 0.3) is 0 Å². The number of carbonyl (C=O) groups excluding carboxylic acids is 1. The molecule has 0 heterocycles. The molecule has 0 amide bonds. The second-order valence-corrected chi connectivity index (χ2v) is 15.0. The predicted octanol–water partition coefficient (Wildman–Crippen LogP) is 4.11. The molecule has 0 fully saturated rings. The van der Waals surface area contributed by atoms with Gasteiger partial charge in [-0.3, -0.25) is 0 Å². The van der Waals surface area contributed by atoms with Crippen LogP contribution in [0.15, 0.2) is 18.2 Å². The first-order valence-electron chi connectivity index (χ1n) is 8.55. The molecule has 0 unspecified atom stereocenters. The molecular formula is C19H22ClO5P. The van der Waals surface area contributed by atoms with Crippen LogP contribution in [-0.2, 0) is 0 Å². The van der Waals surface area contributed by atoms with Gasteiger partial charge in [-0.1, -0.05) is 0 Å². The summed E-state index contributed by atoms with van der Waals surface area (Å²) in [5.41, 5.74) is 0.00246. The number of rotatable bonds is 5. The van der Waals surface area contributed by atoms with Gasteiger partial charge in [-0.05, 0) is 0 Å². The van der Waals surface area contributed by atoms with Gasteiger partial charge in [0.15, 0.2) is 0 Å². The summed E-state index contributed by atoms with van der Waals surface area (Å²) in [4.78, 5) is 11.8. The van der Waals surface area contributed by atoms with Crippen molar-refractivity contribution in [1.82, 2.24) is 0 Å². The Morgan fingerprint density at radius 3 is 1.85 bits per heavy atom. The monoisotopic (exact) mass is 396 g/mol. The van der Waals surface area contributed by atoms with E-state index in [1.807, 2.05) is 20.8 Å². The zero-order valence-electron chi connectivity index (χ0n) is 14.9. The summed E-state index contributed by atoms with van der Waals surface area (Å²) in [6.07, 6.45) is 2.03. The summed E-state index contributed by atoms with van der Waals surface area (Å²) in [6, 6.07) is 4.38. The van der Waals surface area contributed by atoms with E-state index in [-0.39, 0.29) is 39.5 Å². The summed E-state index contributed by atoms with van der Waals surface area (Å²) in [5.74, 6) is -4.53. The molecule has 0 spiro atoms. The molecule has 0 saturated carbocycles. The van der Waals surface area contributed by atoms with Crippen molar-refractivity contribution in [3.8, 4) is 34.1 Å². The van der Waals surface area contributed by atoms with Crippen molar-refractivity contribution in [1.29, 1.82) is 0 Å². The summed E-state index contributed by atoms with van der Waals surface area (Å²) in [6.45, 7) is 5.96. The minimum atomic E-state index is -2.94. The number of aromatic hydroxyl groups is 4. The number of benzene rings is 2. The van der Waals surface area contributed by atoms with Crippen LogP contribution in [0.5, 0.6) is 23.0 Å². The van der Waals surface area contributed by atoms with Crippen molar-refractivity contribution in [3.05, 3.63) is 29.3 Å². The van der Waals surface area contributed by atoms with Gasteiger partial charge in [0.05, 0.1) is 0 Å². The average molecular weight is 397 g/mol. The van der Waals surface area contributed by atoms with Crippen molar-refractivity contribution in [3.63, 3.8) is 0 Å². The Balaban J connectivity index is 2.32. The number of carbonyl (C=O) groups is 1. The van der Waals surface area contributed by atoms with Crippen molar-refractivity contribution < 1.29 is 25.2 Å². The Hall–Kier alpha value is -1.97. The summed E-state index contributed by atoms with van der Waals surface area (Å²) in [7, 11) is 0. The third-order valence-corrected chi connectivity index (χ3v) is 14.5. The molecule has 4 N–H and O–H groups in total. The molecule has 5 nitrogen and oxygen atoms in total. The van der Waals surface area contributed by atoms with Gasteiger partial charge in [0.2, 0.25) is 0 Å².